The topological polar surface area (TPSA) is 78.5 Å². The molecule has 0 fully saturated rings. The lowest BCUT2D eigenvalue weighted by atomic mass is 10.1. The standard InChI is InChI=1S/C20H20N6O/c1-14-7-18(5-6-21-14)26-20-11-22-17(8-15(20)10-24-26)9-19(27)4-3-16-12-25(2)13-23-16/h5-8,10-13H,3-4,9H2,1-2H3. The molecule has 0 aliphatic heterocycles. The number of pyridine rings is 2. The van der Waals surface area contributed by atoms with E-state index in [0.717, 1.165) is 33.7 Å². The largest absolute Gasteiger partial charge is 0.340 e. The Hall–Kier alpha value is -3.35. The van der Waals surface area contributed by atoms with Gasteiger partial charge in [0.1, 0.15) is 5.78 Å². The van der Waals surface area contributed by atoms with Crippen molar-refractivity contribution in [1.82, 2.24) is 29.3 Å². The zero-order chi connectivity index (χ0) is 18.8. The van der Waals surface area contributed by atoms with Gasteiger partial charge in [-0.3, -0.25) is 14.8 Å². The minimum absolute atomic E-state index is 0.157. The Morgan fingerprint density at radius 1 is 1.11 bits per heavy atom. The van der Waals surface area contributed by atoms with Gasteiger partial charge in [0.05, 0.1) is 35.6 Å². The number of carbonyl (C=O) groups excluding carboxylic acids is 1. The molecule has 0 atom stereocenters. The van der Waals surface area contributed by atoms with E-state index in [-0.39, 0.29) is 5.78 Å². The third-order valence-corrected chi connectivity index (χ3v) is 4.43. The lowest BCUT2D eigenvalue weighted by Gasteiger charge is -2.05. The van der Waals surface area contributed by atoms with Gasteiger partial charge in [0.2, 0.25) is 0 Å². The summed E-state index contributed by atoms with van der Waals surface area (Å²) >= 11 is 0. The number of nitrogens with zero attached hydrogens (tertiary/aromatic N) is 6. The minimum Gasteiger partial charge on any atom is -0.340 e. The highest BCUT2D eigenvalue weighted by Gasteiger charge is 2.10. The number of hydrogen-bond acceptors (Lipinski definition) is 5. The van der Waals surface area contributed by atoms with E-state index in [9.17, 15) is 4.79 Å². The van der Waals surface area contributed by atoms with Crippen molar-refractivity contribution in [1.29, 1.82) is 0 Å². The molecule has 0 saturated heterocycles. The van der Waals surface area contributed by atoms with Gasteiger partial charge in [-0.1, -0.05) is 0 Å². The maximum atomic E-state index is 12.3. The molecule has 136 valence electrons. The van der Waals surface area contributed by atoms with Gasteiger partial charge in [-0.15, -0.1) is 0 Å². The first-order chi connectivity index (χ1) is 13.1. The molecule has 7 heteroatoms. The molecule has 0 spiro atoms. The average molecular weight is 360 g/mol. The second-order valence-electron chi connectivity index (χ2n) is 6.69. The zero-order valence-corrected chi connectivity index (χ0v) is 15.3. The van der Waals surface area contributed by atoms with Crippen molar-refractivity contribution in [3.05, 3.63) is 66.4 Å². The van der Waals surface area contributed by atoms with Crippen molar-refractivity contribution in [2.75, 3.05) is 0 Å². The van der Waals surface area contributed by atoms with Crippen LogP contribution in [0.3, 0.4) is 0 Å². The molecular formula is C20H20N6O. The van der Waals surface area contributed by atoms with Crippen molar-refractivity contribution in [2.24, 2.45) is 7.05 Å². The van der Waals surface area contributed by atoms with Gasteiger partial charge in [-0.25, -0.2) is 9.67 Å². The summed E-state index contributed by atoms with van der Waals surface area (Å²) in [4.78, 5) is 25.2. The Bertz CT molecular complexity index is 1110. The fourth-order valence-electron chi connectivity index (χ4n) is 3.09. The van der Waals surface area contributed by atoms with E-state index in [1.807, 2.05) is 47.6 Å². The van der Waals surface area contributed by atoms with E-state index in [1.54, 1.807) is 24.9 Å². The predicted molar refractivity (Wildman–Crippen MR) is 102 cm³/mol. The summed E-state index contributed by atoms with van der Waals surface area (Å²) in [5.41, 5.74) is 4.48. The van der Waals surface area contributed by atoms with Crippen molar-refractivity contribution in [3.8, 4) is 5.69 Å². The van der Waals surface area contributed by atoms with E-state index in [4.69, 9.17) is 0 Å². The number of fused-ring (bicyclic) bond motifs is 1. The number of ketones is 1. The molecule has 4 aromatic rings. The quantitative estimate of drug-likeness (QED) is 0.528. The zero-order valence-electron chi connectivity index (χ0n) is 15.3. The Kier molecular flexibility index (Phi) is 4.50. The van der Waals surface area contributed by atoms with Crippen LogP contribution in [-0.4, -0.2) is 35.1 Å². The highest BCUT2D eigenvalue weighted by atomic mass is 16.1. The summed E-state index contributed by atoms with van der Waals surface area (Å²) in [6.45, 7) is 1.95. The van der Waals surface area contributed by atoms with E-state index >= 15 is 0 Å². The average Bonchev–Trinajstić information content (AvgIpc) is 3.25. The number of hydrogen-bond donors (Lipinski definition) is 0. The molecule has 4 rings (SSSR count). The van der Waals surface area contributed by atoms with Crippen LogP contribution in [0, 0.1) is 6.92 Å². The summed E-state index contributed by atoms with van der Waals surface area (Å²) in [7, 11) is 1.92. The molecule has 0 aromatic carbocycles. The minimum atomic E-state index is 0.157. The summed E-state index contributed by atoms with van der Waals surface area (Å²) in [6.07, 6.45) is 10.5. The van der Waals surface area contributed by atoms with E-state index < -0.39 is 0 Å². The van der Waals surface area contributed by atoms with Crippen LogP contribution in [0.2, 0.25) is 0 Å². The van der Waals surface area contributed by atoms with Crippen molar-refractivity contribution >= 4 is 16.7 Å². The normalized spacial score (nSPS) is 11.2. The Balaban J connectivity index is 1.48. The van der Waals surface area contributed by atoms with Gasteiger partial charge in [0.25, 0.3) is 0 Å². The van der Waals surface area contributed by atoms with Crippen LogP contribution in [0.5, 0.6) is 0 Å². The van der Waals surface area contributed by atoms with Crippen LogP contribution in [0.15, 0.2) is 49.3 Å². The van der Waals surface area contributed by atoms with Gasteiger partial charge in [0, 0.05) is 49.1 Å². The molecule has 0 bridgehead atoms. The second kappa shape index (κ2) is 7.11. The molecule has 0 N–H and O–H groups in total. The molecule has 0 radical (unpaired) electrons. The molecule has 0 amide bonds. The highest BCUT2D eigenvalue weighted by molar-refractivity contribution is 5.83. The number of carbonyl (C=O) groups is 1. The van der Waals surface area contributed by atoms with Gasteiger partial charge >= 0.3 is 0 Å². The number of rotatable bonds is 6. The molecule has 27 heavy (non-hydrogen) atoms. The van der Waals surface area contributed by atoms with Crippen LogP contribution < -0.4 is 0 Å². The smallest absolute Gasteiger partial charge is 0.139 e. The van der Waals surface area contributed by atoms with Gasteiger partial charge in [0.15, 0.2) is 0 Å². The van der Waals surface area contributed by atoms with Crippen LogP contribution in [-0.2, 0) is 24.7 Å². The number of aryl methyl sites for hydroxylation is 3. The summed E-state index contributed by atoms with van der Waals surface area (Å²) < 4.78 is 3.72. The fourth-order valence-corrected chi connectivity index (χ4v) is 3.09. The van der Waals surface area contributed by atoms with Crippen LogP contribution in [0.4, 0.5) is 0 Å². The molecule has 4 aromatic heterocycles. The predicted octanol–water partition coefficient (Wildman–Crippen LogP) is 2.60. The molecule has 0 saturated carbocycles. The molecule has 0 unspecified atom stereocenters. The Morgan fingerprint density at radius 2 is 2.00 bits per heavy atom. The maximum Gasteiger partial charge on any atom is 0.139 e. The SMILES string of the molecule is Cc1cc(-n2ncc3cc(CC(=O)CCc4cn(C)cn4)ncc32)ccn1. The monoisotopic (exact) mass is 360 g/mol. The van der Waals surface area contributed by atoms with Crippen molar-refractivity contribution in [2.45, 2.75) is 26.2 Å². The van der Waals surface area contributed by atoms with Crippen LogP contribution in [0.25, 0.3) is 16.6 Å². The van der Waals surface area contributed by atoms with Gasteiger partial charge in [-0.2, -0.15) is 5.10 Å². The summed E-state index contributed by atoms with van der Waals surface area (Å²) in [6, 6.07) is 5.82. The van der Waals surface area contributed by atoms with Crippen molar-refractivity contribution < 1.29 is 4.79 Å². The van der Waals surface area contributed by atoms with Crippen LogP contribution in [0.1, 0.15) is 23.5 Å². The second-order valence-corrected chi connectivity index (χ2v) is 6.69. The van der Waals surface area contributed by atoms with E-state index in [1.165, 1.54) is 0 Å². The molecule has 4 heterocycles. The lowest BCUT2D eigenvalue weighted by Crippen LogP contribution is -2.06. The van der Waals surface area contributed by atoms with Crippen molar-refractivity contribution in [3.63, 3.8) is 0 Å². The van der Waals surface area contributed by atoms with Gasteiger partial charge < -0.3 is 4.57 Å². The summed E-state index contributed by atoms with van der Waals surface area (Å²) in [5, 5.41) is 5.42. The first-order valence-electron chi connectivity index (χ1n) is 8.83. The number of aromatic nitrogens is 6. The third-order valence-electron chi connectivity index (χ3n) is 4.43. The highest BCUT2D eigenvalue weighted by Crippen LogP contribution is 2.19. The molecular weight excluding hydrogens is 340 g/mol. The van der Waals surface area contributed by atoms with E-state index in [2.05, 4.69) is 20.1 Å². The summed E-state index contributed by atoms with van der Waals surface area (Å²) in [5.74, 6) is 0.157. The lowest BCUT2D eigenvalue weighted by molar-refractivity contribution is -0.118. The Labute approximate surface area is 156 Å². The number of Topliss-reactive ketones (excluding diaryl/α,β-unsaturated/α-hetero) is 1. The van der Waals surface area contributed by atoms with E-state index in [0.29, 0.717) is 19.3 Å². The first-order valence-corrected chi connectivity index (χ1v) is 8.83. The molecule has 0 aliphatic carbocycles. The van der Waals surface area contributed by atoms with Gasteiger partial charge in [-0.05, 0) is 31.5 Å². The number of imidazole rings is 1. The van der Waals surface area contributed by atoms with Crippen LogP contribution >= 0.6 is 0 Å². The Morgan fingerprint density at radius 3 is 2.78 bits per heavy atom. The first kappa shape index (κ1) is 17.1. The molecule has 0 aliphatic rings. The molecule has 7 nitrogen and oxygen atoms in total. The maximum absolute atomic E-state index is 12.3. The fraction of sp³-hybridized carbons (Fsp3) is 0.250. The third kappa shape index (κ3) is 3.76.